The van der Waals surface area contributed by atoms with E-state index in [4.69, 9.17) is 48.8 Å². The van der Waals surface area contributed by atoms with E-state index < -0.39 is 32.7 Å². The Morgan fingerprint density at radius 1 is 0.333 bits per heavy atom. The number of phosphoric ester groups is 1. The molecule has 0 heterocycles. The van der Waals surface area contributed by atoms with Crippen molar-refractivity contribution in [2.45, 2.75) is 438 Å². The number of phosphoric acid groups is 1. The normalized spacial score (nSPS) is 13.6. The van der Waals surface area contributed by atoms with E-state index in [1.54, 1.807) is 0 Å². The molecule has 0 aliphatic rings. The number of hydrogen-bond acceptors (Lipinski definition) is 15. The second kappa shape index (κ2) is 84.6. The smallest absolute Gasteiger partial charge is 1.00 e. The molecule has 0 radical (unpaired) electrons. The number of unbranched alkanes of at least 4 members (excludes halogenated alkanes) is 44. The van der Waals surface area contributed by atoms with Crippen molar-refractivity contribution in [3.8, 4) is 0 Å². The molecule has 632 valence electrons. The molecule has 0 saturated carbocycles. The summed E-state index contributed by atoms with van der Waals surface area (Å²) < 4.78 is 59.4. The molecule has 2 unspecified atom stereocenters. The van der Waals surface area contributed by atoms with Crippen molar-refractivity contribution in [1.82, 2.24) is 21.3 Å². The molecule has 25 heteroatoms. The molecule has 6 N–H and O–H groups in total. The van der Waals surface area contributed by atoms with Gasteiger partial charge in [0.2, 0.25) is 11.8 Å². The second-order valence-electron chi connectivity index (χ2n) is 30.0. The van der Waals surface area contributed by atoms with Gasteiger partial charge in [-0.25, -0.2) is 9.36 Å². The van der Waals surface area contributed by atoms with Crippen LogP contribution >= 0.6 is 14.5 Å². The number of carbonyl (C=O) groups is 5. The molecule has 0 aliphatic heterocycles. The zero-order valence-electron chi connectivity index (χ0n) is 72.8. The summed E-state index contributed by atoms with van der Waals surface area (Å²) in [5.74, 6) is -0.736. The summed E-state index contributed by atoms with van der Waals surface area (Å²) in [5, 5.41) is 11.1. The number of esters is 2. The number of ether oxygens (including phenoxy) is 4. The van der Waals surface area contributed by atoms with Gasteiger partial charge in [0.05, 0.1) is 64.9 Å². The van der Waals surface area contributed by atoms with E-state index in [2.05, 4.69) is 62.8 Å². The summed E-state index contributed by atoms with van der Waals surface area (Å²) in [6.07, 6.45) is 60.7. The third-order valence-electron chi connectivity index (χ3n) is 19.5. The van der Waals surface area contributed by atoms with Crippen LogP contribution in [0.1, 0.15) is 417 Å². The summed E-state index contributed by atoms with van der Waals surface area (Å²) >= 11 is 5.35. The molecule has 0 aromatic rings. The Labute approximate surface area is 713 Å². The van der Waals surface area contributed by atoms with Gasteiger partial charge >= 0.3 is 91.6 Å². The van der Waals surface area contributed by atoms with Gasteiger partial charge in [-0.1, -0.05) is 324 Å². The van der Waals surface area contributed by atoms with E-state index in [9.17, 15) is 38.3 Å². The van der Waals surface area contributed by atoms with Crippen molar-refractivity contribution in [2.75, 3.05) is 65.9 Å². The first kappa shape index (κ1) is 112. The molecule has 0 aliphatic carbocycles. The molecule has 108 heavy (non-hydrogen) atoms. The second-order valence-corrected chi connectivity index (χ2v) is 34.3. The maximum atomic E-state index is 13.3. The Morgan fingerprint density at radius 3 is 0.917 bits per heavy atom. The summed E-state index contributed by atoms with van der Waals surface area (Å²) in [4.78, 5) is 87.4. The van der Waals surface area contributed by atoms with Crippen molar-refractivity contribution in [1.29, 1.82) is 0 Å². The van der Waals surface area contributed by atoms with Crippen LogP contribution in [-0.2, 0) is 72.6 Å². The van der Waals surface area contributed by atoms with Crippen LogP contribution in [0.5, 0.6) is 0 Å². The number of carbonyl (C=O) groups excluding carboxylic acids is 5. The minimum absolute atomic E-state index is 0. The molecular weight excluding hydrogens is 1450 g/mol. The van der Waals surface area contributed by atoms with Crippen LogP contribution in [0, 0.1) is 0 Å². The molecule has 0 spiro atoms. The average Bonchev–Trinajstić information content (AvgIpc) is 0.913. The minimum Gasteiger partial charge on any atom is -1.00 e. The van der Waals surface area contributed by atoms with Gasteiger partial charge < -0.3 is 61.9 Å². The van der Waals surface area contributed by atoms with Crippen molar-refractivity contribution in [3.63, 3.8) is 0 Å². The van der Waals surface area contributed by atoms with E-state index in [0.717, 1.165) is 154 Å². The van der Waals surface area contributed by atoms with Gasteiger partial charge in [-0.15, -0.1) is 0 Å². The molecule has 0 aromatic heterocycles. The predicted molar refractivity (Wildman–Crippen MR) is 441 cm³/mol. The molecule has 0 fully saturated rings. The summed E-state index contributed by atoms with van der Waals surface area (Å²) in [6, 6.07) is -2.11. The van der Waals surface area contributed by atoms with Gasteiger partial charge in [0.25, 0.3) is 0 Å². The summed E-state index contributed by atoms with van der Waals surface area (Å²) in [6.45, 7) is 8.55. The van der Waals surface area contributed by atoms with Crippen LogP contribution in [-0.4, -0.2) is 130 Å². The zero-order chi connectivity index (χ0) is 77.8. The fourth-order valence-corrected chi connectivity index (χ4v) is 14.9. The van der Waals surface area contributed by atoms with Crippen LogP contribution in [0.3, 0.4) is 0 Å². The largest absolute Gasteiger partial charge is 1.00 e. The molecule has 0 saturated heterocycles. The zero-order valence-corrected chi connectivity index (χ0v) is 77.4. The third-order valence-corrected chi connectivity index (χ3v) is 22.1. The van der Waals surface area contributed by atoms with Gasteiger partial charge in [0.1, 0.15) is 12.2 Å². The van der Waals surface area contributed by atoms with E-state index in [1.165, 1.54) is 173 Å². The summed E-state index contributed by atoms with van der Waals surface area (Å²) in [5.41, 5.74) is 0. The standard InChI is InChI=1S/C83H164N4O16P2S.2Na.2H/c1-7-13-19-25-29-33-35-39-41-47-53-59-79(88)86-75(71-96-67-63-77(57-51-45-23-17-11-5)102-81(90)61-55-49-43-37-31-27-21-15-9-3)73-100-104(93,94)98-69-65-84-83(92)85-66-70-99-105(95,106)101-74-76(87-80(89)60-54-48-42-40-36-34-30-26-20-14-8-2)72-97-68-64-78(58-52-46-24-18-12-6)103-82(91)62-56-50-44-38-32-28-22-16-10-4;;;;/h75-78H,7-74H2,1-6H3,(H,86,88)(H,87,89)(H,93,94)(H,95,106)(H2,84,85,92);;;;/q;2*+1;2*-1/t75-,76-,77-,78-,105?;;;;/m1..../s1. The van der Waals surface area contributed by atoms with Crippen molar-refractivity contribution >= 4 is 56.1 Å². The molecule has 0 bridgehead atoms. The monoisotopic (exact) mass is 1620 g/mol. The van der Waals surface area contributed by atoms with Gasteiger partial charge in [-0.3, -0.25) is 28.2 Å². The topological polar surface area (TPSA) is 265 Å². The molecular formula is C83H166N4Na2O16P2S. The molecule has 6 atom stereocenters. The van der Waals surface area contributed by atoms with Gasteiger partial charge in [0, 0.05) is 51.6 Å². The number of nitrogens with one attached hydrogen (secondary N) is 4. The van der Waals surface area contributed by atoms with Crippen molar-refractivity contribution in [3.05, 3.63) is 0 Å². The maximum absolute atomic E-state index is 13.3. The number of amides is 4. The minimum atomic E-state index is -4.68. The average molecular weight is 1620 g/mol. The van der Waals surface area contributed by atoms with E-state index in [1.807, 2.05) is 0 Å². The van der Waals surface area contributed by atoms with Crippen molar-refractivity contribution in [2.24, 2.45) is 0 Å². The number of hydrogen-bond donors (Lipinski definition) is 6. The summed E-state index contributed by atoms with van der Waals surface area (Å²) in [7, 11) is -4.68. The molecule has 0 rings (SSSR count). The van der Waals surface area contributed by atoms with Crippen LogP contribution < -0.4 is 80.4 Å². The Kier molecular flexibility index (Phi) is 87.6. The fourth-order valence-electron chi connectivity index (χ4n) is 12.9. The third kappa shape index (κ3) is 80.9. The predicted octanol–water partition coefficient (Wildman–Crippen LogP) is 16.5. The van der Waals surface area contributed by atoms with Crippen LogP contribution in [0.4, 0.5) is 4.79 Å². The Hall–Kier alpha value is -0.290. The quantitative estimate of drug-likeness (QED) is 0.0143. The van der Waals surface area contributed by atoms with Crippen molar-refractivity contribution < 1.29 is 137 Å². The maximum Gasteiger partial charge on any atom is 1.00 e. The Morgan fingerprint density at radius 2 is 0.602 bits per heavy atom. The van der Waals surface area contributed by atoms with Crippen LogP contribution in [0.15, 0.2) is 0 Å². The molecule has 0 aromatic carbocycles. The Bertz CT molecular complexity index is 2000. The van der Waals surface area contributed by atoms with E-state index in [0.29, 0.717) is 44.9 Å². The van der Waals surface area contributed by atoms with Crippen LogP contribution in [0.25, 0.3) is 0 Å². The van der Waals surface area contributed by atoms with Gasteiger partial charge in [-0.2, -0.15) is 0 Å². The number of rotatable bonds is 84. The van der Waals surface area contributed by atoms with Crippen LogP contribution in [0.2, 0.25) is 0 Å². The SMILES string of the molecule is CCCCCCCCCCCCCC(=O)N[C@H](COCC[C@@H](CCCCCCC)OC(=O)CCCCCCCCCCC)COP(=O)(O)OCCNC(=O)NCCOP(O)(=S)OC[C@@H](COCC[C@@H](CCCCCCC)OC(=O)CCCCCCCCCCC)NC(=O)CCCCCCCCCCCCC.[H-].[H-].[Na+].[Na+]. The first-order chi connectivity index (χ1) is 51.5. The fraction of sp³-hybridized carbons (Fsp3) is 0.940. The van der Waals surface area contributed by atoms with Gasteiger partial charge in [-0.05, 0) is 63.2 Å². The molecule has 20 nitrogen and oxygen atoms in total. The van der Waals surface area contributed by atoms with E-state index in [-0.39, 0.29) is 164 Å². The van der Waals surface area contributed by atoms with Gasteiger partial charge in [0.15, 0.2) is 0 Å². The number of urea groups is 1. The first-order valence-corrected chi connectivity index (χ1v) is 48.0. The molecule has 4 amide bonds. The Balaban J connectivity index is -0.00000919. The first-order valence-electron chi connectivity index (χ1n) is 43.9. The van der Waals surface area contributed by atoms with E-state index >= 15 is 0 Å².